The molecular formula is C24H29N7O2. The zero-order valence-corrected chi connectivity index (χ0v) is 19.1. The van der Waals surface area contributed by atoms with E-state index in [-0.39, 0.29) is 5.91 Å². The van der Waals surface area contributed by atoms with Gasteiger partial charge in [-0.05, 0) is 43.2 Å². The van der Waals surface area contributed by atoms with E-state index in [4.69, 9.17) is 10.5 Å². The van der Waals surface area contributed by atoms with Crippen molar-refractivity contribution in [1.82, 2.24) is 15.4 Å². The Balaban J connectivity index is 1.42. The molecule has 0 unspecified atom stereocenters. The Morgan fingerprint density at radius 3 is 2.48 bits per heavy atom. The molecule has 0 radical (unpaired) electrons. The molecule has 172 valence electrons. The Labute approximate surface area is 193 Å². The molecule has 2 aromatic carbocycles. The topological polar surface area (TPSA) is 109 Å². The number of aromatic nitrogens is 2. The van der Waals surface area contributed by atoms with Crippen molar-refractivity contribution in [1.29, 1.82) is 0 Å². The van der Waals surface area contributed by atoms with Gasteiger partial charge in [0.2, 0.25) is 0 Å². The zero-order valence-electron chi connectivity index (χ0n) is 19.1. The second-order valence-electron chi connectivity index (χ2n) is 7.93. The van der Waals surface area contributed by atoms with Crippen molar-refractivity contribution < 1.29 is 9.53 Å². The molecule has 2 heterocycles. The van der Waals surface area contributed by atoms with Gasteiger partial charge in [-0.1, -0.05) is 24.3 Å². The number of nitrogens with zero attached hydrogens (tertiary/aromatic N) is 4. The summed E-state index contributed by atoms with van der Waals surface area (Å²) in [4.78, 5) is 25.7. The van der Waals surface area contributed by atoms with Crippen LogP contribution in [-0.2, 0) is 0 Å². The van der Waals surface area contributed by atoms with Gasteiger partial charge >= 0.3 is 0 Å². The molecule has 0 atom stereocenters. The van der Waals surface area contributed by atoms with Crippen LogP contribution in [0.2, 0.25) is 0 Å². The Bertz CT molecular complexity index is 1140. The number of hydrazine groups is 1. The van der Waals surface area contributed by atoms with Crippen LogP contribution in [-0.4, -0.2) is 49.2 Å². The lowest BCUT2D eigenvalue weighted by Crippen LogP contribution is -2.47. The average Bonchev–Trinajstić information content (AvgIpc) is 2.85. The van der Waals surface area contributed by atoms with Gasteiger partial charge in [0.25, 0.3) is 5.91 Å². The average molecular weight is 448 g/mol. The van der Waals surface area contributed by atoms with Gasteiger partial charge in [-0.3, -0.25) is 15.6 Å². The summed E-state index contributed by atoms with van der Waals surface area (Å²) >= 11 is 0. The van der Waals surface area contributed by atoms with Crippen LogP contribution in [0.4, 0.5) is 23.0 Å². The van der Waals surface area contributed by atoms with E-state index in [2.05, 4.69) is 62.7 Å². The molecular weight excluding hydrogens is 418 g/mol. The number of rotatable bonds is 6. The lowest BCUT2D eigenvalue weighted by molar-refractivity contribution is 0.0959. The number of methoxy groups -OCH3 is 1. The van der Waals surface area contributed by atoms with Crippen molar-refractivity contribution in [3.8, 4) is 5.75 Å². The standard InChI is InChI=1S/C24H29N7O2/c1-16-7-6-9-19(17(16)2)30-11-13-31(14-12-30)23-21(25)22(26-15-27-23)28-29-24(32)18-8-4-5-10-20(18)33-3/h4-10,15H,11-14,25H2,1-3H3,(H,29,32)(H,26,27,28). The molecule has 0 aliphatic carbocycles. The smallest absolute Gasteiger partial charge is 0.273 e. The van der Waals surface area contributed by atoms with E-state index in [1.807, 2.05) is 0 Å². The molecule has 9 nitrogen and oxygen atoms in total. The first-order valence-corrected chi connectivity index (χ1v) is 10.9. The molecule has 0 bridgehead atoms. The SMILES string of the molecule is COc1ccccc1C(=O)NNc1ncnc(N2CCN(c3cccc(C)c3C)CC2)c1N. The van der Waals surface area contributed by atoms with Crippen LogP contribution in [0, 0.1) is 13.8 Å². The maximum Gasteiger partial charge on any atom is 0.273 e. The van der Waals surface area contributed by atoms with Crippen LogP contribution < -0.4 is 31.1 Å². The third kappa shape index (κ3) is 4.62. The normalized spacial score (nSPS) is 13.5. The number of nitrogens with one attached hydrogen (secondary N) is 2. The third-order valence-corrected chi connectivity index (χ3v) is 6.00. The van der Waals surface area contributed by atoms with Crippen molar-refractivity contribution in [3.05, 3.63) is 65.5 Å². The van der Waals surface area contributed by atoms with E-state index in [0.29, 0.717) is 28.6 Å². The summed E-state index contributed by atoms with van der Waals surface area (Å²) in [5.74, 6) is 1.13. The quantitative estimate of drug-likeness (QED) is 0.495. The van der Waals surface area contributed by atoms with Crippen LogP contribution in [0.25, 0.3) is 0 Å². The number of aryl methyl sites for hydroxylation is 1. The van der Waals surface area contributed by atoms with Gasteiger partial charge in [0.05, 0.1) is 12.7 Å². The highest BCUT2D eigenvalue weighted by molar-refractivity contribution is 5.97. The largest absolute Gasteiger partial charge is 0.496 e. The van der Waals surface area contributed by atoms with E-state index in [9.17, 15) is 4.79 Å². The van der Waals surface area contributed by atoms with Crippen molar-refractivity contribution in [2.75, 3.05) is 54.2 Å². The van der Waals surface area contributed by atoms with Gasteiger partial charge in [0.15, 0.2) is 11.6 Å². The number of hydrogen-bond acceptors (Lipinski definition) is 8. The Morgan fingerprint density at radius 2 is 1.73 bits per heavy atom. The minimum Gasteiger partial charge on any atom is -0.496 e. The van der Waals surface area contributed by atoms with Gasteiger partial charge in [-0.25, -0.2) is 9.97 Å². The van der Waals surface area contributed by atoms with Crippen molar-refractivity contribution in [2.24, 2.45) is 0 Å². The van der Waals surface area contributed by atoms with Crippen LogP contribution in [0.15, 0.2) is 48.8 Å². The van der Waals surface area contributed by atoms with Gasteiger partial charge in [0, 0.05) is 31.9 Å². The molecule has 1 amide bonds. The van der Waals surface area contributed by atoms with E-state index >= 15 is 0 Å². The number of carbonyl (C=O) groups excluding carboxylic acids is 1. The highest BCUT2D eigenvalue weighted by atomic mass is 16.5. The van der Waals surface area contributed by atoms with Crippen molar-refractivity contribution in [2.45, 2.75) is 13.8 Å². The summed E-state index contributed by atoms with van der Waals surface area (Å²) < 4.78 is 5.25. The van der Waals surface area contributed by atoms with E-state index in [0.717, 1.165) is 26.2 Å². The Hall–Kier alpha value is -4.01. The summed E-state index contributed by atoms with van der Waals surface area (Å²) in [7, 11) is 1.52. The molecule has 0 spiro atoms. The number of carbonyl (C=O) groups is 1. The molecule has 1 aromatic heterocycles. The summed E-state index contributed by atoms with van der Waals surface area (Å²) in [6, 6.07) is 13.4. The Kier molecular flexibility index (Phi) is 6.48. The molecule has 9 heteroatoms. The van der Waals surface area contributed by atoms with Crippen LogP contribution in [0.1, 0.15) is 21.5 Å². The maximum atomic E-state index is 12.6. The molecule has 1 aliphatic heterocycles. The summed E-state index contributed by atoms with van der Waals surface area (Å²) in [5, 5.41) is 0. The maximum absolute atomic E-state index is 12.6. The number of ether oxygens (including phenoxy) is 1. The highest BCUT2D eigenvalue weighted by Gasteiger charge is 2.23. The van der Waals surface area contributed by atoms with Gasteiger partial charge in [-0.2, -0.15) is 0 Å². The van der Waals surface area contributed by atoms with E-state index in [1.54, 1.807) is 24.3 Å². The highest BCUT2D eigenvalue weighted by Crippen LogP contribution is 2.29. The van der Waals surface area contributed by atoms with Gasteiger partial charge in [-0.15, -0.1) is 0 Å². The number of piperazine rings is 1. The molecule has 3 aromatic rings. The van der Waals surface area contributed by atoms with Crippen molar-refractivity contribution >= 4 is 28.9 Å². The number of hydrogen-bond donors (Lipinski definition) is 3. The molecule has 0 saturated carbocycles. The molecule has 4 rings (SSSR count). The fourth-order valence-electron chi connectivity index (χ4n) is 3.99. The second-order valence-corrected chi connectivity index (χ2v) is 7.93. The molecule has 1 fully saturated rings. The second kappa shape index (κ2) is 9.64. The Morgan fingerprint density at radius 1 is 1.00 bits per heavy atom. The fourth-order valence-corrected chi connectivity index (χ4v) is 3.99. The number of para-hydroxylation sites is 1. The van der Waals surface area contributed by atoms with Crippen LogP contribution in [0.3, 0.4) is 0 Å². The van der Waals surface area contributed by atoms with Gasteiger partial charge in [0.1, 0.15) is 17.8 Å². The minimum atomic E-state index is -0.353. The molecule has 33 heavy (non-hydrogen) atoms. The lowest BCUT2D eigenvalue weighted by atomic mass is 10.1. The minimum absolute atomic E-state index is 0.347. The fraction of sp³-hybridized carbons (Fsp3) is 0.292. The molecule has 1 saturated heterocycles. The summed E-state index contributed by atoms with van der Waals surface area (Å²) in [6.45, 7) is 7.58. The van der Waals surface area contributed by atoms with Crippen molar-refractivity contribution in [3.63, 3.8) is 0 Å². The van der Waals surface area contributed by atoms with E-state index < -0.39 is 0 Å². The number of nitrogen functional groups attached to an aromatic ring is 1. The third-order valence-electron chi connectivity index (χ3n) is 6.00. The monoisotopic (exact) mass is 447 g/mol. The summed E-state index contributed by atoms with van der Waals surface area (Å²) in [6.07, 6.45) is 1.44. The lowest BCUT2D eigenvalue weighted by Gasteiger charge is -2.38. The van der Waals surface area contributed by atoms with Gasteiger partial charge < -0.3 is 20.3 Å². The van der Waals surface area contributed by atoms with Crippen LogP contribution in [0.5, 0.6) is 5.75 Å². The first-order chi connectivity index (χ1) is 16.0. The van der Waals surface area contributed by atoms with E-state index in [1.165, 1.54) is 30.3 Å². The first-order valence-electron chi connectivity index (χ1n) is 10.9. The molecule has 1 aliphatic rings. The van der Waals surface area contributed by atoms with Crippen LogP contribution >= 0.6 is 0 Å². The predicted molar refractivity (Wildman–Crippen MR) is 131 cm³/mol. The number of benzene rings is 2. The summed E-state index contributed by atoms with van der Waals surface area (Å²) in [5.41, 5.74) is 16.5. The number of amides is 1. The first kappa shape index (κ1) is 22.2. The molecule has 4 N–H and O–H groups in total. The number of anilines is 4. The zero-order chi connectivity index (χ0) is 23.4. The number of nitrogens with two attached hydrogens (primary N) is 1. The predicted octanol–water partition coefficient (Wildman–Crippen LogP) is 2.77.